The van der Waals surface area contributed by atoms with Gasteiger partial charge in [0.15, 0.2) is 5.75 Å². The van der Waals surface area contributed by atoms with Gasteiger partial charge in [-0.2, -0.15) is 5.10 Å². The van der Waals surface area contributed by atoms with E-state index in [0.29, 0.717) is 6.61 Å². The molecule has 13 heavy (non-hydrogen) atoms. The largest absolute Gasteiger partial charge is 0.485 e. The Balaban J connectivity index is 1.93. The zero-order chi connectivity index (χ0) is 9.10. The number of nitrogens with zero attached hydrogens (tertiary/aromatic N) is 2. The van der Waals surface area contributed by atoms with Crippen molar-refractivity contribution in [3.05, 3.63) is 34.8 Å². The van der Waals surface area contributed by atoms with Gasteiger partial charge in [-0.3, -0.25) is 4.68 Å². The number of thiophene rings is 1. The summed E-state index contributed by atoms with van der Waals surface area (Å²) in [7, 11) is 1.87. The van der Waals surface area contributed by atoms with Crippen molar-refractivity contribution in [2.24, 2.45) is 7.05 Å². The molecule has 3 nitrogen and oxygen atoms in total. The predicted octanol–water partition coefficient (Wildman–Crippen LogP) is 2.06. The summed E-state index contributed by atoms with van der Waals surface area (Å²) in [5, 5.41) is 6.06. The van der Waals surface area contributed by atoms with Gasteiger partial charge in [-0.15, -0.1) is 11.3 Å². The first-order valence-corrected chi connectivity index (χ1v) is 4.86. The monoisotopic (exact) mass is 194 g/mol. The van der Waals surface area contributed by atoms with Gasteiger partial charge in [0.05, 0.1) is 12.4 Å². The SMILES string of the molecule is Cn1cc(OCc2cccs2)cn1. The van der Waals surface area contributed by atoms with Crippen LogP contribution in [0.1, 0.15) is 4.88 Å². The predicted molar refractivity (Wildman–Crippen MR) is 51.9 cm³/mol. The number of aryl methyl sites for hydroxylation is 1. The Morgan fingerprint density at radius 2 is 2.54 bits per heavy atom. The summed E-state index contributed by atoms with van der Waals surface area (Å²) in [5.41, 5.74) is 0. The minimum absolute atomic E-state index is 0.628. The van der Waals surface area contributed by atoms with Gasteiger partial charge >= 0.3 is 0 Å². The third kappa shape index (κ3) is 2.09. The quantitative estimate of drug-likeness (QED) is 0.747. The number of rotatable bonds is 3. The van der Waals surface area contributed by atoms with Gasteiger partial charge in [0.25, 0.3) is 0 Å². The van der Waals surface area contributed by atoms with Crippen LogP contribution < -0.4 is 4.74 Å². The summed E-state index contributed by atoms with van der Waals surface area (Å²) in [6.45, 7) is 0.628. The molecule has 0 aromatic carbocycles. The van der Waals surface area contributed by atoms with E-state index < -0.39 is 0 Å². The number of hydrogen-bond donors (Lipinski definition) is 0. The van der Waals surface area contributed by atoms with E-state index in [1.807, 2.05) is 24.7 Å². The second-order valence-electron chi connectivity index (χ2n) is 2.72. The molecule has 0 N–H and O–H groups in total. The lowest BCUT2D eigenvalue weighted by molar-refractivity contribution is 0.309. The first-order valence-electron chi connectivity index (χ1n) is 3.98. The minimum Gasteiger partial charge on any atom is -0.485 e. The van der Waals surface area contributed by atoms with Gasteiger partial charge in [-0.05, 0) is 11.4 Å². The van der Waals surface area contributed by atoms with Crippen molar-refractivity contribution in [1.29, 1.82) is 0 Å². The summed E-state index contributed by atoms with van der Waals surface area (Å²) < 4.78 is 7.22. The number of hydrogen-bond acceptors (Lipinski definition) is 3. The van der Waals surface area contributed by atoms with Crippen LogP contribution in [0.15, 0.2) is 29.9 Å². The standard InChI is InChI=1S/C9H10N2OS/c1-11-6-8(5-10-11)12-7-9-3-2-4-13-9/h2-6H,7H2,1H3. The van der Waals surface area contributed by atoms with Crippen LogP contribution in [-0.2, 0) is 13.7 Å². The maximum Gasteiger partial charge on any atom is 0.157 e. The fourth-order valence-corrected chi connectivity index (χ4v) is 1.64. The van der Waals surface area contributed by atoms with Gasteiger partial charge in [-0.25, -0.2) is 0 Å². The molecule has 0 unspecified atom stereocenters. The van der Waals surface area contributed by atoms with Gasteiger partial charge in [0.1, 0.15) is 6.61 Å². The number of aromatic nitrogens is 2. The van der Waals surface area contributed by atoms with E-state index in [1.165, 1.54) is 4.88 Å². The van der Waals surface area contributed by atoms with E-state index in [4.69, 9.17) is 4.74 Å². The normalized spacial score (nSPS) is 10.2. The molecule has 0 atom stereocenters. The van der Waals surface area contributed by atoms with Gasteiger partial charge in [0, 0.05) is 11.9 Å². The molecule has 2 aromatic heterocycles. The first-order chi connectivity index (χ1) is 6.34. The van der Waals surface area contributed by atoms with Crippen molar-refractivity contribution in [3.63, 3.8) is 0 Å². The maximum absolute atomic E-state index is 5.50. The molecule has 0 aliphatic carbocycles. The molecule has 68 valence electrons. The van der Waals surface area contributed by atoms with Gasteiger partial charge in [0.2, 0.25) is 0 Å². The van der Waals surface area contributed by atoms with E-state index >= 15 is 0 Å². The second-order valence-corrected chi connectivity index (χ2v) is 3.75. The van der Waals surface area contributed by atoms with Crippen LogP contribution in [0.4, 0.5) is 0 Å². The fraction of sp³-hybridized carbons (Fsp3) is 0.222. The van der Waals surface area contributed by atoms with Crippen molar-refractivity contribution in [1.82, 2.24) is 9.78 Å². The van der Waals surface area contributed by atoms with Crippen LogP contribution in [0.25, 0.3) is 0 Å². The Morgan fingerprint density at radius 3 is 3.15 bits per heavy atom. The fourth-order valence-electron chi connectivity index (χ4n) is 1.02. The van der Waals surface area contributed by atoms with Crippen molar-refractivity contribution in [3.8, 4) is 5.75 Å². The Morgan fingerprint density at radius 1 is 1.62 bits per heavy atom. The van der Waals surface area contributed by atoms with Crippen molar-refractivity contribution < 1.29 is 4.74 Å². The molecule has 2 aromatic rings. The van der Waals surface area contributed by atoms with Crippen molar-refractivity contribution in [2.45, 2.75) is 6.61 Å². The van der Waals surface area contributed by atoms with Crippen LogP contribution in [-0.4, -0.2) is 9.78 Å². The van der Waals surface area contributed by atoms with Crippen LogP contribution in [0.3, 0.4) is 0 Å². The molecule has 0 fully saturated rings. The molecule has 2 rings (SSSR count). The first kappa shape index (κ1) is 8.31. The summed E-state index contributed by atoms with van der Waals surface area (Å²) in [5.74, 6) is 0.816. The lowest BCUT2D eigenvalue weighted by Crippen LogP contribution is -1.91. The summed E-state index contributed by atoms with van der Waals surface area (Å²) in [6, 6.07) is 4.08. The smallest absolute Gasteiger partial charge is 0.157 e. The maximum atomic E-state index is 5.50. The molecule has 0 amide bonds. The highest BCUT2D eigenvalue weighted by Crippen LogP contribution is 2.13. The molecule has 0 saturated carbocycles. The molecule has 0 bridgehead atoms. The van der Waals surface area contributed by atoms with E-state index in [2.05, 4.69) is 11.2 Å². The summed E-state index contributed by atoms with van der Waals surface area (Å²) >= 11 is 1.70. The van der Waals surface area contributed by atoms with Crippen LogP contribution in [0.5, 0.6) is 5.75 Å². The lowest BCUT2D eigenvalue weighted by atomic mass is 10.5. The molecule has 0 radical (unpaired) electrons. The van der Waals surface area contributed by atoms with E-state index in [0.717, 1.165) is 5.75 Å². The van der Waals surface area contributed by atoms with Crippen LogP contribution in [0, 0.1) is 0 Å². The molecular weight excluding hydrogens is 184 g/mol. The van der Waals surface area contributed by atoms with E-state index in [9.17, 15) is 0 Å². The zero-order valence-corrected chi connectivity index (χ0v) is 8.12. The Bertz CT molecular complexity index is 367. The minimum atomic E-state index is 0.628. The zero-order valence-electron chi connectivity index (χ0n) is 7.30. The van der Waals surface area contributed by atoms with Crippen molar-refractivity contribution in [2.75, 3.05) is 0 Å². The van der Waals surface area contributed by atoms with Crippen molar-refractivity contribution >= 4 is 11.3 Å². The Labute approximate surface area is 80.6 Å². The molecule has 0 aliphatic heterocycles. The van der Waals surface area contributed by atoms with Crippen LogP contribution >= 0.6 is 11.3 Å². The summed E-state index contributed by atoms with van der Waals surface area (Å²) in [4.78, 5) is 1.23. The summed E-state index contributed by atoms with van der Waals surface area (Å²) in [6.07, 6.45) is 3.57. The second kappa shape index (κ2) is 3.62. The molecule has 2 heterocycles. The number of ether oxygens (including phenoxy) is 1. The third-order valence-corrected chi connectivity index (χ3v) is 2.49. The Kier molecular flexibility index (Phi) is 2.31. The molecular formula is C9H10N2OS. The van der Waals surface area contributed by atoms with E-state index in [-0.39, 0.29) is 0 Å². The highest BCUT2D eigenvalue weighted by Gasteiger charge is 1.97. The average molecular weight is 194 g/mol. The lowest BCUT2D eigenvalue weighted by Gasteiger charge is -1.99. The molecule has 0 saturated heterocycles. The Hall–Kier alpha value is -1.29. The van der Waals surface area contributed by atoms with Gasteiger partial charge < -0.3 is 4.74 Å². The highest BCUT2D eigenvalue weighted by molar-refractivity contribution is 7.09. The molecule has 4 heteroatoms. The highest BCUT2D eigenvalue weighted by atomic mass is 32.1. The average Bonchev–Trinajstić information content (AvgIpc) is 2.71. The topological polar surface area (TPSA) is 27.1 Å². The van der Waals surface area contributed by atoms with E-state index in [1.54, 1.807) is 22.2 Å². The molecule has 0 spiro atoms. The van der Waals surface area contributed by atoms with Crippen LogP contribution in [0.2, 0.25) is 0 Å². The van der Waals surface area contributed by atoms with Gasteiger partial charge in [-0.1, -0.05) is 6.07 Å². The molecule has 0 aliphatic rings. The third-order valence-electron chi connectivity index (χ3n) is 1.64.